The van der Waals surface area contributed by atoms with Crippen molar-refractivity contribution >= 4 is 28.8 Å². The number of hydrogen-bond acceptors (Lipinski definition) is 3. The summed E-state index contributed by atoms with van der Waals surface area (Å²) in [5.74, 6) is -1.40. The Morgan fingerprint density at radius 2 is 2.00 bits per heavy atom. The van der Waals surface area contributed by atoms with Gasteiger partial charge in [-0.2, -0.15) is 0 Å². The summed E-state index contributed by atoms with van der Waals surface area (Å²) in [7, 11) is 0. The number of aliphatic carboxylic acids is 1. The summed E-state index contributed by atoms with van der Waals surface area (Å²) in [6.45, 7) is 1.30. The molecule has 0 fully saturated rings. The highest BCUT2D eigenvalue weighted by atomic mass is 32.1. The molecule has 0 heterocycles. The van der Waals surface area contributed by atoms with Crippen LogP contribution in [-0.2, 0) is 9.59 Å². The van der Waals surface area contributed by atoms with Crippen LogP contribution in [0.4, 0.5) is 0 Å². The van der Waals surface area contributed by atoms with E-state index >= 15 is 0 Å². The van der Waals surface area contributed by atoms with E-state index in [-0.39, 0.29) is 17.1 Å². The second-order valence-electron chi connectivity index (χ2n) is 1.61. The van der Waals surface area contributed by atoms with Crippen molar-refractivity contribution in [3.63, 3.8) is 0 Å². The lowest BCUT2D eigenvalue weighted by atomic mass is 10.2. The van der Waals surface area contributed by atoms with Crippen molar-refractivity contribution in [1.82, 2.24) is 0 Å². The van der Waals surface area contributed by atoms with Crippen LogP contribution in [0.1, 0.15) is 13.3 Å². The van der Waals surface area contributed by atoms with Crippen molar-refractivity contribution in [1.29, 1.82) is 0 Å². The second kappa shape index (κ2) is 3.29. The topological polar surface area (TPSA) is 54.4 Å². The highest BCUT2D eigenvalue weighted by molar-refractivity contribution is 7.82. The molecule has 0 aliphatic heterocycles. The van der Waals surface area contributed by atoms with Gasteiger partial charge in [0.25, 0.3) is 0 Å². The van der Waals surface area contributed by atoms with Gasteiger partial charge in [-0.25, -0.2) is 4.79 Å². The summed E-state index contributed by atoms with van der Waals surface area (Å²) in [4.78, 5) is 19.9. The summed E-state index contributed by atoms with van der Waals surface area (Å²) in [5, 5.41) is 8.14. The highest BCUT2D eigenvalue weighted by Gasteiger charge is 2.07. The molecule has 0 saturated heterocycles. The van der Waals surface area contributed by atoms with Gasteiger partial charge in [0.05, 0.1) is 0 Å². The summed E-state index contributed by atoms with van der Waals surface area (Å²) in [6.07, 6.45) is -0.134. The number of carbonyl (C=O) groups excluding carboxylic acids is 1. The number of Topliss-reactive ketones (excluding diaryl/α,β-unsaturated/α-hetero) is 1. The molecule has 0 aromatic rings. The predicted molar refractivity (Wildman–Crippen MR) is 35.5 cm³/mol. The van der Waals surface area contributed by atoms with E-state index in [1.807, 2.05) is 0 Å². The van der Waals surface area contributed by atoms with Gasteiger partial charge in [0.15, 0.2) is 0 Å². The molecule has 0 aliphatic rings. The largest absolute Gasteiger partial charge is 0.477 e. The molecule has 0 atom stereocenters. The molecule has 0 aliphatic carbocycles. The van der Waals surface area contributed by atoms with Gasteiger partial charge in [0.2, 0.25) is 0 Å². The summed E-state index contributed by atoms with van der Waals surface area (Å²) in [5.41, 5.74) is 0. The third-order valence-corrected chi connectivity index (χ3v) is 0.967. The Morgan fingerprint density at radius 1 is 1.56 bits per heavy atom. The molecule has 0 amide bonds. The number of thiocarbonyl (C=S) groups is 1. The predicted octanol–water partition coefficient (Wildman–Crippen LogP) is 0.420. The molecule has 0 rings (SSSR count). The number of carboxylic acids is 1. The van der Waals surface area contributed by atoms with Crippen LogP contribution in [0, 0.1) is 0 Å². The van der Waals surface area contributed by atoms with Crippen molar-refractivity contribution in [2.45, 2.75) is 13.3 Å². The molecular formula is C5H6O3S. The van der Waals surface area contributed by atoms with E-state index in [0.29, 0.717) is 0 Å². The normalized spacial score (nSPS) is 8.56. The van der Waals surface area contributed by atoms with Gasteiger partial charge >= 0.3 is 5.97 Å². The number of rotatable bonds is 3. The minimum atomic E-state index is -1.18. The van der Waals surface area contributed by atoms with Crippen LogP contribution in [0.25, 0.3) is 0 Å². The minimum Gasteiger partial charge on any atom is -0.477 e. The lowest BCUT2D eigenvalue weighted by Gasteiger charge is -1.89. The second-order valence-corrected chi connectivity index (χ2v) is 2.10. The fourth-order valence-corrected chi connectivity index (χ4v) is 0.505. The van der Waals surface area contributed by atoms with Crippen molar-refractivity contribution in [2.75, 3.05) is 0 Å². The van der Waals surface area contributed by atoms with E-state index in [4.69, 9.17) is 5.11 Å². The van der Waals surface area contributed by atoms with Crippen molar-refractivity contribution < 1.29 is 14.7 Å². The SMILES string of the molecule is CC(=O)CC(=S)C(=O)O. The molecule has 0 aromatic heterocycles. The molecule has 1 N–H and O–H groups in total. The maximum absolute atomic E-state index is 10.2. The van der Waals surface area contributed by atoms with E-state index < -0.39 is 5.97 Å². The van der Waals surface area contributed by atoms with E-state index in [2.05, 4.69) is 12.2 Å². The summed E-state index contributed by atoms with van der Waals surface area (Å²) < 4.78 is 0. The van der Waals surface area contributed by atoms with E-state index in [0.717, 1.165) is 0 Å². The lowest BCUT2D eigenvalue weighted by molar-refractivity contribution is -0.129. The molecule has 0 unspecified atom stereocenters. The number of ketones is 1. The Balaban J connectivity index is 3.79. The minimum absolute atomic E-state index is 0.134. The number of carbonyl (C=O) groups is 2. The van der Waals surface area contributed by atoms with Crippen LogP contribution < -0.4 is 0 Å². The number of carboxylic acid groups (broad SMARTS) is 1. The van der Waals surface area contributed by atoms with Crippen LogP contribution >= 0.6 is 12.2 Å². The van der Waals surface area contributed by atoms with Crippen molar-refractivity contribution in [2.24, 2.45) is 0 Å². The highest BCUT2D eigenvalue weighted by Crippen LogP contribution is 1.87. The molecule has 0 radical (unpaired) electrons. The average molecular weight is 146 g/mol. The van der Waals surface area contributed by atoms with Gasteiger partial charge in [-0.3, -0.25) is 4.79 Å². The van der Waals surface area contributed by atoms with Crippen LogP contribution in [0.5, 0.6) is 0 Å². The van der Waals surface area contributed by atoms with E-state index in [1.54, 1.807) is 0 Å². The molecule has 3 nitrogen and oxygen atoms in total. The maximum Gasteiger partial charge on any atom is 0.342 e. The van der Waals surface area contributed by atoms with Gasteiger partial charge in [0.1, 0.15) is 10.6 Å². The van der Waals surface area contributed by atoms with Crippen LogP contribution in [0.2, 0.25) is 0 Å². The van der Waals surface area contributed by atoms with E-state index in [9.17, 15) is 9.59 Å². The van der Waals surface area contributed by atoms with Gasteiger partial charge in [-0.1, -0.05) is 12.2 Å². The maximum atomic E-state index is 10.2. The Bertz CT molecular complexity index is 162. The average Bonchev–Trinajstić information content (AvgIpc) is 1.63. The van der Waals surface area contributed by atoms with Gasteiger partial charge in [-0.05, 0) is 6.92 Å². The van der Waals surface area contributed by atoms with Crippen LogP contribution in [-0.4, -0.2) is 21.7 Å². The first kappa shape index (κ1) is 8.23. The fraction of sp³-hybridized carbons (Fsp3) is 0.400. The monoisotopic (exact) mass is 146 g/mol. The third kappa shape index (κ3) is 3.78. The molecule has 4 heteroatoms. The smallest absolute Gasteiger partial charge is 0.342 e. The van der Waals surface area contributed by atoms with E-state index in [1.165, 1.54) is 6.92 Å². The van der Waals surface area contributed by atoms with Gasteiger partial charge < -0.3 is 5.11 Å². The fourth-order valence-electron chi connectivity index (χ4n) is 0.302. The zero-order chi connectivity index (χ0) is 7.44. The lowest BCUT2D eigenvalue weighted by Crippen LogP contribution is -2.12. The first-order valence-electron chi connectivity index (χ1n) is 2.29. The van der Waals surface area contributed by atoms with Crippen molar-refractivity contribution in [3.05, 3.63) is 0 Å². The zero-order valence-corrected chi connectivity index (χ0v) is 5.70. The van der Waals surface area contributed by atoms with Crippen LogP contribution in [0.3, 0.4) is 0 Å². The van der Waals surface area contributed by atoms with Crippen LogP contribution in [0.15, 0.2) is 0 Å². The molecule has 0 bridgehead atoms. The quantitative estimate of drug-likeness (QED) is 0.586. The Kier molecular flexibility index (Phi) is 3.01. The zero-order valence-electron chi connectivity index (χ0n) is 4.88. The standard InChI is InChI=1S/C5H6O3S/c1-3(6)2-4(9)5(7)8/h2H2,1H3,(H,7,8). The first-order valence-corrected chi connectivity index (χ1v) is 2.70. The van der Waals surface area contributed by atoms with Gasteiger partial charge in [-0.15, -0.1) is 0 Å². The molecule has 0 aromatic carbocycles. The summed E-state index contributed by atoms with van der Waals surface area (Å²) in [6, 6.07) is 0. The van der Waals surface area contributed by atoms with Crippen molar-refractivity contribution in [3.8, 4) is 0 Å². The number of hydrogen-bond donors (Lipinski definition) is 1. The Morgan fingerprint density at radius 3 is 2.11 bits per heavy atom. The molecule has 9 heavy (non-hydrogen) atoms. The third-order valence-electron chi connectivity index (χ3n) is 0.648. The van der Waals surface area contributed by atoms with Gasteiger partial charge in [0, 0.05) is 6.42 Å². The molecule has 50 valence electrons. The first-order chi connectivity index (χ1) is 4.04. The molecule has 0 spiro atoms. The summed E-state index contributed by atoms with van der Waals surface area (Å²) >= 11 is 4.33. The molecular weight excluding hydrogens is 140 g/mol. The molecule has 0 saturated carbocycles. The Hall–Kier alpha value is -0.770. The Labute approximate surface area is 57.7 Å².